The molecule has 5 unspecified atom stereocenters. The Morgan fingerprint density at radius 2 is 1.65 bits per heavy atom. The third-order valence-electron chi connectivity index (χ3n) is 5.30. The molecule has 0 amide bonds. The molecule has 0 heterocycles. The highest BCUT2D eigenvalue weighted by atomic mass is 15.2. The van der Waals surface area contributed by atoms with Crippen molar-refractivity contribution in [2.75, 3.05) is 0 Å². The predicted molar refractivity (Wildman–Crippen MR) is 73.3 cm³/mol. The normalized spacial score (nSPS) is 44.8. The van der Waals surface area contributed by atoms with Crippen molar-refractivity contribution in [3.05, 3.63) is 0 Å². The Kier molecular flexibility index (Phi) is 4.48. The Labute approximate surface area is 107 Å². The van der Waals surface area contributed by atoms with Crippen LogP contribution in [0.5, 0.6) is 0 Å². The van der Waals surface area contributed by atoms with Gasteiger partial charge in [-0.2, -0.15) is 0 Å². The van der Waals surface area contributed by atoms with Crippen molar-refractivity contribution in [1.82, 2.24) is 5.43 Å². The van der Waals surface area contributed by atoms with Crippen molar-refractivity contribution in [1.29, 1.82) is 0 Å². The first-order valence-corrected chi connectivity index (χ1v) is 7.58. The molecule has 0 aromatic rings. The van der Waals surface area contributed by atoms with Crippen LogP contribution in [0.15, 0.2) is 0 Å². The van der Waals surface area contributed by atoms with E-state index < -0.39 is 0 Å². The summed E-state index contributed by atoms with van der Waals surface area (Å²) in [7, 11) is 0. The fourth-order valence-corrected chi connectivity index (χ4v) is 4.62. The lowest BCUT2D eigenvalue weighted by molar-refractivity contribution is 0.130. The number of hydrazine groups is 1. The Balaban J connectivity index is 2.01. The highest BCUT2D eigenvalue weighted by Gasteiger charge is 2.37. The lowest BCUT2D eigenvalue weighted by atomic mass is 9.70. The number of hydrogen-bond acceptors (Lipinski definition) is 2. The van der Waals surface area contributed by atoms with Crippen molar-refractivity contribution in [2.24, 2.45) is 35.4 Å². The minimum absolute atomic E-state index is 0.567. The van der Waals surface area contributed by atoms with Gasteiger partial charge in [0, 0.05) is 6.04 Å². The zero-order valence-corrected chi connectivity index (χ0v) is 11.8. The van der Waals surface area contributed by atoms with Crippen LogP contribution < -0.4 is 11.3 Å². The highest BCUT2D eigenvalue weighted by Crippen LogP contribution is 2.42. The maximum atomic E-state index is 5.89. The van der Waals surface area contributed by atoms with Crippen LogP contribution in [0.3, 0.4) is 0 Å². The monoisotopic (exact) mass is 238 g/mol. The summed E-state index contributed by atoms with van der Waals surface area (Å²) in [6.45, 7) is 7.24. The SMILES string of the molecule is CC1CC(C)CC(C(NN)C2CCCC2C)C1. The first-order chi connectivity index (χ1) is 8.11. The Hall–Kier alpha value is -0.0800. The topological polar surface area (TPSA) is 38.0 Å². The van der Waals surface area contributed by atoms with Crippen LogP contribution in [0.1, 0.15) is 59.3 Å². The summed E-state index contributed by atoms with van der Waals surface area (Å²) in [4.78, 5) is 0. The van der Waals surface area contributed by atoms with Gasteiger partial charge in [-0.15, -0.1) is 0 Å². The van der Waals surface area contributed by atoms with Crippen LogP contribution in [0, 0.1) is 29.6 Å². The minimum Gasteiger partial charge on any atom is -0.271 e. The van der Waals surface area contributed by atoms with Gasteiger partial charge < -0.3 is 0 Å². The van der Waals surface area contributed by atoms with E-state index in [2.05, 4.69) is 26.2 Å². The van der Waals surface area contributed by atoms with Gasteiger partial charge in [0.05, 0.1) is 0 Å². The molecule has 2 aliphatic rings. The van der Waals surface area contributed by atoms with Crippen molar-refractivity contribution >= 4 is 0 Å². The van der Waals surface area contributed by atoms with Crippen molar-refractivity contribution in [3.63, 3.8) is 0 Å². The third kappa shape index (κ3) is 3.03. The summed E-state index contributed by atoms with van der Waals surface area (Å²) in [5.74, 6) is 10.2. The molecule has 2 rings (SSSR count). The summed E-state index contributed by atoms with van der Waals surface area (Å²) >= 11 is 0. The largest absolute Gasteiger partial charge is 0.271 e. The summed E-state index contributed by atoms with van der Waals surface area (Å²) in [5, 5.41) is 0. The van der Waals surface area contributed by atoms with Crippen molar-refractivity contribution in [3.8, 4) is 0 Å². The average molecular weight is 238 g/mol. The molecule has 0 spiro atoms. The first kappa shape index (κ1) is 13.4. The van der Waals surface area contributed by atoms with E-state index in [9.17, 15) is 0 Å². The summed E-state index contributed by atoms with van der Waals surface area (Å²) < 4.78 is 0. The van der Waals surface area contributed by atoms with Crippen LogP contribution in [-0.4, -0.2) is 6.04 Å². The average Bonchev–Trinajstić information content (AvgIpc) is 2.65. The van der Waals surface area contributed by atoms with E-state index >= 15 is 0 Å². The second kappa shape index (κ2) is 5.71. The number of nitrogens with one attached hydrogen (secondary N) is 1. The zero-order chi connectivity index (χ0) is 12.4. The molecule has 0 radical (unpaired) electrons. The van der Waals surface area contributed by atoms with Crippen molar-refractivity contribution in [2.45, 2.75) is 65.3 Å². The van der Waals surface area contributed by atoms with E-state index in [1.54, 1.807) is 0 Å². The highest BCUT2D eigenvalue weighted by molar-refractivity contribution is 4.91. The molecular weight excluding hydrogens is 208 g/mol. The molecule has 3 N–H and O–H groups in total. The molecule has 2 nitrogen and oxygen atoms in total. The van der Waals surface area contributed by atoms with Gasteiger partial charge in [-0.3, -0.25) is 11.3 Å². The fraction of sp³-hybridized carbons (Fsp3) is 1.00. The molecule has 5 atom stereocenters. The molecule has 0 bridgehead atoms. The standard InChI is InChI=1S/C15H30N2/c1-10-7-11(2)9-13(8-10)15(17-16)14-6-4-5-12(14)3/h10-15,17H,4-9,16H2,1-3H3. The maximum Gasteiger partial charge on any atom is 0.0269 e. The fourth-order valence-electron chi connectivity index (χ4n) is 4.62. The van der Waals surface area contributed by atoms with Gasteiger partial charge in [-0.05, 0) is 55.3 Å². The quantitative estimate of drug-likeness (QED) is 0.584. The summed E-state index contributed by atoms with van der Waals surface area (Å²) in [6, 6.07) is 0.567. The Morgan fingerprint density at radius 1 is 1.00 bits per heavy atom. The predicted octanol–water partition coefficient (Wildman–Crippen LogP) is 3.33. The minimum atomic E-state index is 0.567. The molecule has 0 aromatic carbocycles. The molecule has 17 heavy (non-hydrogen) atoms. The Bertz CT molecular complexity index is 231. The molecule has 2 aliphatic carbocycles. The van der Waals surface area contributed by atoms with Gasteiger partial charge in [0.15, 0.2) is 0 Å². The second-order valence-corrected chi connectivity index (χ2v) is 6.94. The lowest BCUT2D eigenvalue weighted by Crippen LogP contribution is -2.48. The lowest BCUT2D eigenvalue weighted by Gasteiger charge is -2.40. The summed E-state index contributed by atoms with van der Waals surface area (Å²) in [5.41, 5.74) is 3.19. The first-order valence-electron chi connectivity index (χ1n) is 7.58. The van der Waals surface area contributed by atoms with E-state index in [1.807, 2.05) is 0 Å². The number of rotatable bonds is 3. The van der Waals surface area contributed by atoms with Gasteiger partial charge in [0.2, 0.25) is 0 Å². The molecule has 2 heteroatoms. The number of hydrogen-bond donors (Lipinski definition) is 2. The van der Waals surface area contributed by atoms with Gasteiger partial charge >= 0.3 is 0 Å². The molecule has 2 fully saturated rings. The van der Waals surface area contributed by atoms with Gasteiger partial charge in [-0.25, -0.2) is 0 Å². The van der Waals surface area contributed by atoms with Crippen LogP contribution >= 0.6 is 0 Å². The molecule has 0 aromatic heterocycles. The Morgan fingerprint density at radius 3 is 2.12 bits per heavy atom. The molecule has 0 aliphatic heterocycles. The number of nitrogens with two attached hydrogens (primary N) is 1. The van der Waals surface area contributed by atoms with Gasteiger partial charge in [0.1, 0.15) is 0 Å². The molecule has 100 valence electrons. The molecule has 2 saturated carbocycles. The van der Waals surface area contributed by atoms with Crippen LogP contribution in [-0.2, 0) is 0 Å². The summed E-state index contributed by atoms with van der Waals surface area (Å²) in [6.07, 6.45) is 8.36. The van der Waals surface area contributed by atoms with E-state index in [4.69, 9.17) is 5.84 Å². The maximum absolute atomic E-state index is 5.89. The van der Waals surface area contributed by atoms with Crippen LogP contribution in [0.2, 0.25) is 0 Å². The third-order valence-corrected chi connectivity index (χ3v) is 5.30. The van der Waals surface area contributed by atoms with E-state index in [0.29, 0.717) is 6.04 Å². The van der Waals surface area contributed by atoms with Gasteiger partial charge in [-0.1, -0.05) is 33.6 Å². The van der Waals surface area contributed by atoms with Crippen LogP contribution in [0.4, 0.5) is 0 Å². The molecule has 0 saturated heterocycles. The van der Waals surface area contributed by atoms with E-state index in [-0.39, 0.29) is 0 Å². The van der Waals surface area contributed by atoms with Crippen LogP contribution in [0.25, 0.3) is 0 Å². The van der Waals surface area contributed by atoms with E-state index in [1.165, 1.54) is 38.5 Å². The van der Waals surface area contributed by atoms with Gasteiger partial charge in [0.25, 0.3) is 0 Å². The zero-order valence-electron chi connectivity index (χ0n) is 11.8. The molecular formula is C15H30N2. The van der Waals surface area contributed by atoms with Crippen molar-refractivity contribution < 1.29 is 0 Å². The second-order valence-electron chi connectivity index (χ2n) is 6.94. The van der Waals surface area contributed by atoms with E-state index in [0.717, 1.165) is 29.6 Å². The smallest absolute Gasteiger partial charge is 0.0269 e.